The standard InChI is InChI=1S/C11H17N3O3/c1-7-9(15)12-11(17)14(10(7)16)6-8-3-4-13(2)5-8/h8,16H,3-6H2,1-2H3,(H,12,15,17). The smallest absolute Gasteiger partial charge is 0.331 e. The predicted octanol–water partition coefficient (Wildman–Crippen LogP) is -0.498. The summed E-state index contributed by atoms with van der Waals surface area (Å²) < 4.78 is 1.25. The summed E-state index contributed by atoms with van der Waals surface area (Å²) in [7, 11) is 2.03. The molecule has 1 fully saturated rings. The maximum Gasteiger partial charge on any atom is 0.331 e. The summed E-state index contributed by atoms with van der Waals surface area (Å²) in [5.41, 5.74) is -0.865. The summed E-state index contributed by atoms with van der Waals surface area (Å²) in [5, 5.41) is 9.81. The minimum absolute atomic E-state index is 0.191. The predicted molar refractivity (Wildman–Crippen MR) is 63.3 cm³/mol. The van der Waals surface area contributed by atoms with Crippen molar-refractivity contribution in [3.63, 3.8) is 0 Å². The highest BCUT2D eigenvalue weighted by molar-refractivity contribution is 5.20. The van der Waals surface area contributed by atoms with E-state index in [1.807, 2.05) is 7.05 Å². The van der Waals surface area contributed by atoms with Crippen molar-refractivity contribution in [3.8, 4) is 5.88 Å². The largest absolute Gasteiger partial charge is 0.494 e. The number of likely N-dealkylation sites (tertiary alicyclic amines) is 1. The molecule has 2 N–H and O–H groups in total. The van der Waals surface area contributed by atoms with Gasteiger partial charge in [0, 0.05) is 13.1 Å². The number of aromatic hydroxyl groups is 1. The molecule has 1 unspecified atom stereocenters. The van der Waals surface area contributed by atoms with Gasteiger partial charge in [0.25, 0.3) is 5.56 Å². The third kappa shape index (κ3) is 2.26. The lowest BCUT2D eigenvalue weighted by molar-refractivity contribution is 0.342. The van der Waals surface area contributed by atoms with E-state index in [4.69, 9.17) is 0 Å². The number of hydrogen-bond acceptors (Lipinski definition) is 4. The molecule has 0 aliphatic carbocycles. The number of aromatic nitrogens is 2. The average Bonchev–Trinajstić information content (AvgIpc) is 2.67. The number of rotatable bonds is 2. The van der Waals surface area contributed by atoms with Crippen LogP contribution in [-0.4, -0.2) is 39.7 Å². The van der Waals surface area contributed by atoms with Crippen molar-refractivity contribution in [2.24, 2.45) is 5.92 Å². The van der Waals surface area contributed by atoms with E-state index < -0.39 is 11.2 Å². The van der Waals surface area contributed by atoms with E-state index in [2.05, 4.69) is 9.88 Å². The molecule has 2 rings (SSSR count). The van der Waals surface area contributed by atoms with Gasteiger partial charge in [-0.05, 0) is 32.9 Å². The lowest BCUT2D eigenvalue weighted by Crippen LogP contribution is -2.33. The average molecular weight is 239 g/mol. The normalized spacial score (nSPS) is 20.9. The van der Waals surface area contributed by atoms with Gasteiger partial charge in [0.15, 0.2) is 0 Å². The monoisotopic (exact) mass is 239 g/mol. The lowest BCUT2D eigenvalue weighted by Gasteiger charge is -2.14. The molecule has 1 aromatic rings. The van der Waals surface area contributed by atoms with E-state index in [0.29, 0.717) is 12.5 Å². The first-order valence-corrected chi connectivity index (χ1v) is 5.70. The zero-order chi connectivity index (χ0) is 12.6. The van der Waals surface area contributed by atoms with Crippen LogP contribution in [0, 0.1) is 12.8 Å². The molecule has 0 aromatic carbocycles. The van der Waals surface area contributed by atoms with Crippen LogP contribution >= 0.6 is 0 Å². The van der Waals surface area contributed by atoms with Crippen LogP contribution in [0.25, 0.3) is 0 Å². The van der Waals surface area contributed by atoms with Crippen molar-refractivity contribution in [2.45, 2.75) is 19.9 Å². The van der Waals surface area contributed by atoms with Gasteiger partial charge in [-0.15, -0.1) is 0 Å². The first-order chi connectivity index (χ1) is 7.99. The Labute approximate surface area is 98.5 Å². The van der Waals surface area contributed by atoms with E-state index in [1.54, 1.807) is 0 Å². The number of nitrogens with one attached hydrogen (secondary N) is 1. The summed E-state index contributed by atoms with van der Waals surface area (Å²) in [5.74, 6) is 0.127. The second kappa shape index (κ2) is 4.37. The first kappa shape index (κ1) is 11.9. The molecule has 1 atom stereocenters. The molecular formula is C11H17N3O3. The van der Waals surface area contributed by atoms with Crippen LogP contribution in [0.5, 0.6) is 5.88 Å². The Bertz CT molecular complexity index is 532. The molecule has 0 bridgehead atoms. The Kier molecular flexibility index (Phi) is 3.06. The van der Waals surface area contributed by atoms with Crippen LogP contribution in [0.4, 0.5) is 0 Å². The van der Waals surface area contributed by atoms with E-state index in [9.17, 15) is 14.7 Å². The molecule has 6 nitrogen and oxygen atoms in total. The van der Waals surface area contributed by atoms with Crippen LogP contribution in [-0.2, 0) is 6.54 Å². The van der Waals surface area contributed by atoms with Gasteiger partial charge in [0.1, 0.15) is 0 Å². The molecule has 1 aliphatic heterocycles. The molecular weight excluding hydrogens is 222 g/mol. The second-order valence-electron chi connectivity index (χ2n) is 4.74. The molecule has 6 heteroatoms. The molecule has 94 valence electrons. The fourth-order valence-corrected chi connectivity index (χ4v) is 2.26. The Morgan fingerprint density at radius 2 is 2.18 bits per heavy atom. The van der Waals surface area contributed by atoms with Gasteiger partial charge in [-0.25, -0.2) is 4.79 Å². The van der Waals surface area contributed by atoms with Gasteiger partial charge >= 0.3 is 5.69 Å². The van der Waals surface area contributed by atoms with Crippen LogP contribution in [0.3, 0.4) is 0 Å². The fourth-order valence-electron chi connectivity index (χ4n) is 2.26. The molecule has 0 spiro atoms. The quantitative estimate of drug-likeness (QED) is 0.729. The van der Waals surface area contributed by atoms with Crippen molar-refractivity contribution in [1.29, 1.82) is 0 Å². The van der Waals surface area contributed by atoms with Crippen LogP contribution in [0.1, 0.15) is 12.0 Å². The zero-order valence-electron chi connectivity index (χ0n) is 10.1. The molecule has 2 heterocycles. The maximum atomic E-state index is 11.6. The summed E-state index contributed by atoms with van der Waals surface area (Å²) in [6, 6.07) is 0. The van der Waals surface area contributed by atoms with E-state index >= 15 is 0 Å². The van der Waals surface area contributed by atoms with E-state index in [1.165, 1.54) is 11.5 Å². The number of nitrogens with zero attached hydrogens (tertiary/aromatic N) is 2. The molecule has 17 heavy (non-hydrogen) atoms. The maximum absolute atomic E-state index is 11.6. The molecule has 1 saturated heterocycles. The second-order valence-corrected chi connectivity index (χ2v) is 4.74. The van der Waals surface area contributed by atoms with Crippen molar-refractivity contribution in [3.05, 3.63) is 26.4 Å². The van der Waals surface area contributed by atoms with Gasteiger partial charge in [-0.2, -0.15) is 0 Å². The summed E-state index contributed by atoms with van der Waals surface area (Å²) >= 11 is 0. The van der Waals surface area contributed by atoms with Gasteiger partial charge in [-0.3, -0.25) is 14.3 Å². The van der Waals surface area contributed by atoms with Gasteiger partial charge in [-0.1, -0.05) is 0 Å². The van der Waals surface area contributed by atoms with Gasteiger partial charge in [0.05, 0.1) is 5.56 Å². The minimum Gasteiger partial charge on any atom is -0.494 e. The van der Waals surface area contributed by atoms with Crippen LogP contribution in [0.2, 0.25) is 0 Å². The molecule has 1 aromatic heterocycles. The summed E-state index contributed by atoms with van der Waals surface area (Å²) in [6.07, 6.45) is 1.00. The van der Waals surface area contributed by atoms with Crippen molar-refractivity contribution in [2.75, 3.05) is 20.1 Å². The molecule has 0 saturated carbocycles. The molecule has 0 radical (unpaired) electrons. The Morgan fingerprint density at radius 3 is 2.76 bits per heavy atom. The number of H-pyrrole nitrogens is 1. The van der Waals surface area contributed by atoms with E-state index in [-0.39, 0.29) is 11.4 Å². The molecule has 0 amide bonds. The Hall–Kier alpha value is -1.56. The summed E-state index contributed by atoms with van der Waals surface area (Å²) in [6.45, 7) is 3.87. The highest BCUT2D eigenvalue weighted by Gasteiger charge is 2.22. The van der Waals surface area contributed by atoms with Crippen molar-refractivity contribution in [1.82, 2.24) is 14.5 Å². The zero-order valence-corrected chi connectivity index (χ0v) is 10.1. The number of aromatic amines is 1. The van der Waals surface area contributed by atoms with Gasteiger partial charge < -0.3 is 10.0 Å². The van der Waals surface area contributed by atoms with Crippen LogP contribution in [0.15, 0.2) is 9.59 Å². The van der Waals surface area contributed by atoms with Crippen molar-refractivity contribution < 1.29 is 5.11 Å². The topological polar surface area (TPSA) is 78.3 Å². The highest BCUT2D eigenvalue weighted by Crippen LogP contribution is 2.18. The van der Waals surface area contributed by atoms with Gasteiger partial charge in [0.2, 0.25) is 5.88 Å². The third-order valence-electron chi connectivity index (χ3n) is 3.33. The first-order valence-electron chi connectivity index (χ1n) is 5.70. The third-order valence-corrected chi connectivity index (χ3v) is 3.33. The Balaban J connectivity index is 2.30. The lowest BCUT2D eigenvalue weighted by atomic mass is 10.1. The minimum atomic E-state index is -0.535. The van der Waals surface area contributed by atoms with Crippen molar-refractivity contribution >= 4 is 0 Å². The summed E-state index contributed by atoms with van der Waals surface area (Å²) in [4.78, 5) is 27.3. The Morgan fingerprint density at radius 1 is 1.47 bits per heavy atom. The molecule has 1 aliphatic rings. The van der Waals surface area contributed by atoms with Crippen LogP contribution < -0.4 is 11.2 Å². The van der Waals surface area contributed by atoms with E-state index in [0.717, 1.165) is 19.5 Å². The number of hydrogen-bond donors (Lipinski definition) is 2. The highest BCUT2D eigenvalue weighted by atomic mass is 16.3. The fraction of sp³-hybridized carbons (Fsp3) is 0.636. The SMILES string of the molecule is Cc1c(O)n(CC2CCN(C)C2)c(=O)[nH]c1=O.